The molecule has 162 valence electrons. The van der Waals surface area contributed by atoms with E-state index in [2.05, 4.69) is 20.7 Å². The molecule has 4 rings (SSSR count). The summed E-state index contributed by atoms with van der Waals surface area (Å²) in [6.07, 6.45) is 4.89. The summed E-state index contributed by atoms with van der Waals surface area (Å²) in [5.41, 5.74) is 1.04. The monoisotopic (exact) mass is 424 g/mol. The maximum absolute atomic E-state index is 12.6. The highest BCUT2D eigenvalue weighted by Gasteiger charge is 2.18. The lowest BCUT2D eigenvalue weighted by Crippen LogP contribution is -2.32. The Bertz CT molecular complexity index is 1160. The lowest BCUT2D eigenvalue weighted by atomic mass is 10.1. The van der Waals surface area contributed by atoms with Crippen LogP contribution in [0.5, 0.6) is 0 Å². The Hall–Kier alpha value is -3.53. The lowest BCUT2D eigenvalue weighted by molar-refractivity contribution is -0.116. The van der Waals surface area contributed by atoms with E-state index in [1.54, 1.807) is 31.3 Å². The van der Waals surface area contributed by atoms with E-state index >= 15 is 0 Å². The van der Waals surface area contributed by atoms with E-state index < -0.39 is 0 Å². The number of nitrogens with zero attached hydrogens (tertiary/aromatic N) is 4. The van der Waals surface area contributed by atoms with Gasteiger partial charge >= 0.3 is 0 Å². The van der Waals surface area contributed by atoms with Crippen molar-refractivity contribution in [3.8, 4) is 0 Å². The number of fused-ring (bicyclic) bond motifs is 1. The minimum absolute atomic E-state index is 0.0368. The normalized spacial score (nSPS) is 15.8. The Kier molecular flexibility index (Phi) is 6.08. The molecule has 0 radical (unpaired) electrons. The zero-order chi connectivity index (χ0) is 21.8. The number of ether oxygens (including phenoxy) is 1. The zero-order valence-electron chi connectivity index (χ0n) is 17.2. The van der Waals surface area contributed by atoms with Crippen LogP contribution in [0.2, 0.25) is 0 Å². The first-order valence-electron chi connectivity index (χ1n) is 10.2. The van der Waals surface area contributed by atoms with Crippen LogP contribution < -0.4 is 16.2 Å². The number of aryl methyl sites for hydroxylation is 2. The fourth-order valence-electron chi connectivity index (χ4n) is 3.56. The fraction of sp³-hybridized carbons (Fsp3) is 0.381. The predicted octanol–water partition coefficient (Wildman–Crippen LogP) is 1.07. The molecule has 10 nitrogen and oxygen atoms in total. The van der Waals surface area contributed by atoms with E-state index in [-0.39, 0.29) is 36.4 Å². The molecule has 0 bridgehead atoms. The number of anilines is 1. The van der Waals surface area contributed by atoms with Crippen molar-refractivity contribution in [2.45, 2.75) is 31.9 Å². The molecule has 1 aliphatic heterocycles. The summed E-state index contributed by atoms with van der Waals surface area (Å²) in [5.74, 6) is -0.577. The van der Waals surface area contributed by atoms with Gasteiger partial charge < -0.3 is 15.4 Å². The number of amides is 2. The molecule has 0 aliphatic carbocycles. The number of benzene rings is 1. The zero-order valence-corrected chi connectivity index (χ0v) is 17.2. The highest BCUT2D eigenvalue weighted by atomic mass is 16.5. The van der Waals surface area contributed by atoms with Crippen LogP contribution in [0, 0.1) is 0 Å². The summed E-state index contributed by atoms with van der Waals surface area (Å²) in [6, 6.07) is 6.82. The number of carbonyl (C=O) groups is 2. The summed E-state index contributed by atoms with van der Waals surface area (Å²) in [4.78, 5) is 41.8. The summed E-state index contributed by atoms with van der Waals surface area (Å²) >= 11 is 0. The molecule has 3 heterocycles. The first-order chi connectivity index (χ1) is 15.0. The number of hydrogen-bond donors (Lipinski definition) is 2. The van der Waals surface area contributed by atoms with Crippen LogP contribution in [0.3, 0.4) is 0 Å². The van der Waals surface area contributed by atoms with Crippen molar-refractivity contribution < 1.29 is 14.3 Å². The first-order valence-corrected chi connectivity index (χ1v) is 10.2. The van der Waals surface area contributed by atoms with Gasteiger partial charge in [-0.05, 0) is 25.0 Å². The third kappa shape index (κ3) is 4.64. The van der Waals surface area contributed by atoms with Gasteiger partial charge in [0.1, 0.15) is 5.39 Å². The Morgan fingerprint density at radius 3 is 2.94 bits per heavy atom. The fourth-order valence-corrected chi connectivity index (χ4v) is 3.56. The van der Waals surface area contributed by atoms with Crippen molar-refractivity contribution in [2.24, 2.45) is 7.05 Å². The molecule has 0 unspecified atom stereocenters. The van der Waals surface area contributed by atoms with Gasteiger partial charge in [-0.3, -0.25) is 23.6 Å². The second kappa shape index (κ2) is 9.09. The van der Waals surface area contributed by atoms with E-state index in [0.29, 0.717) is 28.8 Å². The Balaban J connectivity index is 1.38. The molecule has 0 saturated carbocycles. The number of nitrogens with one attached hydrogen (secondary N) is 2. The number of para-hydroxylation sites is 1. The van der Waals surface area contributed by atoms with Crippen LogP contribution in [-0.4, -0.2) is 50.4 Å². The average Bonchev–Trinajstić information content (AvgIpc) is 3.42. The third-order valence-corrected chi connectivity index (χ3v) is 5.26. The molecular weight excluding hydrogens is 400 g/mol. The van der Waals surface area contributed by atoms with Crippen LogP contribution in [0.25, 0.3) is 11.0 Å². The van der Waals surface area contributed by atoms with Gasteiger partial charge in [0.2, 0.25) is 5.91 Å². The van der Waals surface area contributed by atoms with E-state index in [9.17, 15) is 14.4 Å². The predicted molar refractivity (Wildman–Crippen MR) is 114 cm³/mol. The second-order valence-corrected chi connectivity index (χ2v) is 7.44. The topological polar surface area (TPSA) is 120 Å². The van der Waals surface area contributed by atoms with Gasteiger partial charge in [0.25, 0.3) is 11.5 Å². The molecule has 3 aromatic rings. The second-order valence-electron chi connectivity index (χ2n) is 7.44. The van der Waals surface area contributed by atoms with Crippen molar-refractivity contribution in [1.29, 1.82) is 0 Å². The van der Waals surface area contributed by atoms with Crippen LogP contribution >= 0.6 is 0 Å². The summed E-state index contributed by atoms with van der Waals surface area (Å²) < 4.78 is 8.42. The Morgan fingerprint density at radius 1 is 1.29 bits per heavy atom. The average molecular weight is 424 g/mol. The van der Waals surface area contributed by atoms with Crippen molar-refractivity contribution in [3.05, 3.63) is 52.7 Å². The van der Waals surface area contributed by atoms with Crippen molar-refractivity contribution in [1.82, 2.24) is 24.6 Å². The number of carbonyl (C=O) groups excluding carboxylic acids is 2. The maximum Gasteiger partial charge on any atom is 0.264 e. The van der Waals surface area contributed by atoms with Gasteiger partial charge in [-0.15, -0.1) is 0 Å². The molecule has 2 N–H and O–H groups in total. The van der Waals surface area contributed by atoms with Gasteiger partial charge in [0.05, 0.1) is 29.9 Å². The molecule has 2 aromatic heterocycles. The van der Waals surface area contributed by atoms with Gasteiger partial charge in [-0.25, -0.2) is 4.98 Å². The quantitative estimate of drug-likeness (QED) is 0.585. The van der Waals surface area contributed by atoms with Gasteiger partial charge in [-0.2, -0.15) is 5.10 Å². The molecule has 0 spiro atoms. The summed E-state index contributed by atoms with van der Waals surface area (Å²) in [7, 11) is 1.71. The van der Waals surface area contributed by atoms with Crippen LogP contribution in [0.4, 0.5) is 5.69 Å². The van der Waals surface area contributed by atoms with Crippen molar-refractivity contribution in [3.63, 3.8) is 0 Å². The maximum atomic E-state index is 12.6. The minimum atomic E-state index is -0.308. The number of hydrogen-bond acceptors (Lipinski definition) is 6. The van der Waals surface area contributed by atoms with Gasteiger partial charge in [0, 0.05) is 33.2 Å². The van der Waals surface area contributed by atoms with E-state index in [1.807, 2.05) is 0 Å². The van der Waals surface area contributed by atoms with Gasteiger partial charge in [-0.1, -0.05) is 12.1 Å². The minimum Gasteiger partial charge on any atom is -0.376 e. The molecule has 2 amide bonds. The van der Waals surface area contributed by atoms with E-state index in [4.69, 9.17) is 4.74 Å². The Morgan fingerprint density at radius 2 is 2.13 bits per heavy atom. The molecule has 1 saturated heterocycles. The highest BCUT2D eigenvalue weighted by molar-refractivity contribution is 6.03. The number of rotatable bonds is 7. The first kappa shape index (κ1) is 20.7. The van der Waals surface area contributed by atoms with E-state index in [0.717, 1.165) is 19.4 Å². The summed E-state index contributed by atoms with van der Waals surface area (Å²) in [6.45, 7) is 1.32. The van der Waals surface area contributed by atoms with Gasteiger partial charge in [0.15, 0.2) is 5.65 Å². The molecule has 1 aromatic carbocycles. The SMILES string of the molecule is Cn1ncc2c(=O)n(CCC(=O)Nc3ccccc3C(=O)NC[C@H]3CCCO3)cnc21. The van der Waals surface area contributed by atoms with Crippen LogP contribution in [-0.2, 0) is 23.1 Å². The summed E-state index contributed by atoms with van der Waals surface area (Å²) in [5, 5.41) is 10.1. The highest BCUT2D eigenvalue weighted by Crippen LogP contribution is 2.16. The Labute approximate surface area is 178 Å². The van der Waals surface area contributed by atoms with E-state index in [1.165, 1.54) is 21.8 Å². The molecule has 1 aliphatic rings. The van der Waals surface area contributed by atoms with Crippen molar-refractivity contribution in [2.75, 3.05) is 18.5 Å². The molecule has 1 fully saturated rings. The third-order valence-electron chi connectivity index (χ3n) is 5.26. The number of aromatic nitrogens is 4. The molecule has 1 atom stereocenters. The van der Waals surface area contributed by atoms with Crippen LogP contribution in [0.15, 0.2) is 41.6 Å². The lowest BCUT2D eigenvalue weighted by Gasteiger charge is -2.14. The molecule has 10 heteroatoms. The molecule has 31 heavy (non-hydrogen) atoms. The standard InChI is InChI=1S/C21H24N6O4/c1-26-19-16(12-24-26)21(30)27(13-23-19)9-8-18(28)25-17-7-3-2-6-15(17)20(29)22-11-14-5-4-10-31-14/h2-3,6-7,12-14H,4-5,8-11H2,1H3,(H,22,29)(H,25,28)/t14-/m1/s1. The van der Waals surface area contributed by atoms with Crippen molar-refractivity contribution >= 4 is 28.5 Å². The smallest absolute Gasteiger partial charge is 0.264 e. The molecular formula is C21H24N6O4. The largest absolute Gasteiger partial charge is 0.376 e. The van der Waals surface area contributed by atoms with Crippen LogP contribution in [0.1, 0.15) is 29.6 Å².